The van der Waals surface area contributed by atoms with Crippen LogP contribution in [0.4, 0.5) is 0 Å². The maximum absolute atomic E-state index is 10.1. The Bertz CT molecular complexity index is 646. The summed E-state index contributed by atoms with van der Waals surface area (Å²) in [7, 11) is 3.27. The number of benzene rings is 2. The summed E-state index contributed by atoms with van der Waals surface area (Å²) in [5.41, 5.74) is 2.43. The van der Waals surface area contributed by atoms with Crippen molar-refractivity contribution in [2.45, 2.75) is 24.3 Å². The Balaban J connectivity index is 1.67. The van der Waals surface area contributed by atoms with Gasteiger partial charge in [-0.3, -0.25) is 0 Å². The number of aryl methyl sites for hydroxylation is 1. The van der Waals surface area contributed by atoms with Crippen molar-refractivity contribution in [2.75, 3.05) is 33.1 Å². The average molecular weight is 362 g/mol. The molecular weight excluding hydrogens is 334 g/mol. The molecule has 25 heavy (non-hydrogen) atoms. The minimum absolute atomic E-state index is 0.364. The molecule has 5 heteroatoms. The second-order valence-electron chi connectivity index (χ2n) is 5.92. The highest BCUT2D eigenvalue weighted by Gasteiger charge is 2.06. The maximum atomic E-state index is 10.1. The smallest absolute Gasteiger partial charge is 0.160 e. The molecule has 2 N–H and O–H groups in total. The molecule has 0 saturated carbocycles. The number of nitrogens with one attached hydrogen (secondary N) is 1. The maximum Gasteiger partial charge on any atom is 0.160 e. The Morgan fingerprint density at radius 1 is 1.04 bits per heavy atom. The Morgan fingerprint density at radius 2 is 1.76 bits per heavy atom. The van der Waals surface area contributed by atoms with Crippen LogP contribution in [-0.2, 0) is 6.42 Å². The Morgan fingerprint density at radius 3 is 2.44 bits per heavy atom. The van der Waals surface area contributed by atoms with Crippen molar-refractivity contribution in [3.05, 3.63) is 53.6 Å². The van der Waals surface area contributed by atoms with Crippen molar-refractivity contribution in [3.8, 4) is 11.5 Å². The first kappa shape index (κ1) is 19.6. The van der Waals surface area contributed by atoms with E-state index in [1.165, 1.54) is 16.0 Å². The quantitative estimate of drug-likeness (QED) is 0.502. The van der Waals surface area contributed by atoms with Gasteiger partial charge in [0.05, 0.1) is 20.3 Å². The molecule has 0 amide bonds. The van der Waals surface area contributed by atoms with Crippen LogP contribution in [0, 0.1) is 6.92 Å². The van der Waals surface area contributed by atoms with Gasteiger partial charge in [0, 0.05) is 17.2 Å². The molecule has 0 aliphatic rings. The minimum Gasteiger partial charge on any atom is -0.493 e. The summed E-state index contributed by atoms with van der Waals surface area (Å²) in [6.45, 7) is 3.47. The summed E-state index contributed by atoms with van der Waals surface area (Å²) < 4.78 is 10.6. The third-order valence-corrected chi connectivity index (χ3v) is 5.04. The van der Waals surface area contributed by atoms with E-state index in [0.717, 1.165) is 24.5 Å². The molecule has 136 valence electrons. The first-order valence-electron chi connectivity index (χ1n) is 8.41. The van der Waals surface area contributed by atoms with Gasteiger partial charge >= 0.3 is 0 Å². The summed E-state index contributed by atoms with van der Waals surface area (Å²) in [4.78, 5) is 1.19. The lowest BCUT2D eigenvalue weighted by Gasteiger charge is -2.13. The van der Waals surface area contributed by atoms with E-state index in [1.807, 2.05) is 18.2 Å². The number of thioether (sulfide) groups is 1. The molecule has 0 unspecified atom stereocenters. The van der Waals surface area contributed by atoms with Crippen molar-refractivity contribution in [3.63, 3.8) is 0 Å². The van der Waals surface area contributed by atoms with Crippen molar-refractivity contribution in [1.82, 2.24) is 5.32 Å². The van der Waals surface area contributed by atoms with Gasteiger partial charge in [-0.1, -0.05) is 23.8 Å². The Hall–Kier alpha value is -1.69. The highest BCUT2D eigenvalue weighted by molar-refractivity contribution is 7.99. The predicted molar refractivity (Wildman–Crippen MR) is 104 cm³/mol. The summed E-state index contributed by atoms with van der Waals surface area (Å²) >= 11 is 1.68. The standard InChI is InChI=1S/C20H27NO3S/c1-15-4-7-18(8-5-15)25-14-17(22)13-21-11-10-16-6-9-19(23-2)20(12-16)24-3/h4-9,12,17,21-22H,10-11,13-14H2,1-3H3/t17-/m1/s1. The zero-order chi connectivity index (χ0) is 18.1. The van der Waals surface area contributed by atoms with Gasteiger partial charge in [0.1, 0.15) is 0 Å². The predicted octanol–water partition coefficient (Wildman–Crippen LogP) is 3.30. The van der Waals surface area contributed by atoms with Gasteiger partial charge in [-0.25, -0.2) is 0 Å². The summed E-state index contributed by atoms with van der Waals surface area (Å²) in [5, 5.41) is 13.4. The topological polar surface area (TPSA) is 50.7 Å². The molecule has 0 aliphatic carbocycles. The van der Waals surface area contributed by atoms with Crippen LogP contribution in [0.5, 0.6) is 11.5 Å². The molecule has 0 saturated heterocycles. The normalized spacial score (nSPS) is 12.0. The van der Waals surface area contributed by atoms with E-state index in [0.29, 0.717) is 12.3 Å². The zero-order valence-electron chi connectivity index (χ0n) is 15.1. The second-order valence-corrected chi connectivity index (χ2v) is 7.01. The van der Waals surface area contributed by atoms with Crippen LogP contribution in [-0.4, -0.2) is 44.3 Å². The number of hydrogen-bond donors (Lipinski definition) is 2. The highest BCUT2D eigenvalue weighted by Crippen LogP contribution is 2.27. The monoisotopic (exact) mass is 361 g/mol. The fourth-order valence-electron chi connectivity index (χ4n) is 2.42. The lowest BCUT2D eigenvalue weighted by atomic mass is 10.1. The van der Waals surface area contributed by atoms with Gasteiger partial charge < -0.3 is 19.9 Å². The van der Waals surface area contributed by atoms with Gasteiger partial charge in [0.25, 0.3) is 0 Å². The fraction of sp³-hybridized carbons (Fsp3) is 0.400. The molecule has 4 nitrogen and oxygen atoms in total. The first-order valence-corrected chi connectivity index (χ1v) is 9.40. The molecule has 2 aromatic rings. The number of methoxy groups -OCH3 is 2. The van der Waals surface area contributed by atoms with Gasteiger partial charge in [-0.05, 0) is 49.7 Å². The highest BCUT2D eigenvalue weighted by atomic mass is 32.2. The molecule has 0 aliphatic heterocycles. The fourth-order valence-corrected chi connectivity index (χ4v) is 3.25. The number of hydrogen-bond acceptors (Lipinski definition) is 5. The van der Waals surface area contributed by atoms with Crippen LogP contribution in [0.2, 0.25) is 0 Å². The van der Waals surface area contributed by atoms with Gasteiger partial charge in [-0.15, -0.1) is 11.8 Å². The zero-order valence-corrected chi connectivity index (χ0v) is 15.9. The van der Waals surface area contributed by atoms with E-state index >= 15 is 0 Å². The average Bonchev–Trinajstić information content (AvgIpc) is 2.64. The number of aliphatic hydroxyl groups excluding tert-OH is 1. The van der Waals surface area contributed by atoms with E-state index in [4.69, 9.17) is 9.47 Å². The van der Waals surface area contributed by atoms with Gasteiger partial charge in [0.15, 0.2) is 11.5 Å². The molecule has 0 bridgehead atoms. The van der Waals surface area contributed by atoms with E-state index < -0.39 is 0 Å². The van der Waals surface area contributed by atoms with E-state index in [1.54, 1.807) is 26.0 Å². The molecule has 2 aromatic carbocycles. The third kappa shape index (κ3) is 6.61. The number of aliphatic hydroxyl groups is 1. The first-order chi connectivity index (χ1) is 12.1. The van der Waals surface area contributed by atoms with Crippen molar-refractivity contribution in [1.29, 1.82) is 0 Å². The van der Waals surface area contributed by atoms with Crippen molar-refractivity contribution < 1.29 is 14.6 Å². The van der Waals surface area contributed by atoms with Crippen molar-refractivity contribution >= 4 is 11.8 Å². The molecule has 1 atom stereocenters. The Kier molecular flexibility index (Phi) is 8.12. The van der Waals surface area contributed by atoms with Crippen LogP contribution in [0.15, 0.2) is 47.4 Å². The molecule has 0 fully saturated rings. The van der Waals surface area contributed by atoms with Crippen LogP contribution >= 0.6 is 11.8 Å². The van der Waals surface area contributed by atoms with Crippen LogP contribution in [0.3, 0.4) is 0 Å². The van der Waals surface area contributed by atoms with Crippen molar-refractivity contribution in [2.24, 2.45) is 0 Å². The number of ether oxygens (including phenoxy) is 2. The van der Waals surface area contributed by atoms with Crippen LogP contribution in [0.1, 0.15) is 11.1 Å². The van der Waals surface area contributed by atoms with E-state index in [-0.39, 0.29) is 6.10 Å². The molecule has 0 spiro atoms. The van der Waals surface area contributed by atoms with Crippen LogP contribution < -0.4 is 14.8 Å². The molecule has 0 aromatic heterocycles. The lowest BCUT2D eigenvalue weighted by molar-refractivity contribution is 0.196. The third-order valence-electron chi connectivity index (χ3n) is 3.88. The molecular formula is C20H27NO3S. The molecule has 0 heterocycles. The Labute approximate surface area is 154 Å². The van der Waals surface area contributed by atoms with Gasteiger partial charge in [-0.2, -0.15) is 0 Å². The number of rotatable bonds is 10. The summed E-state index contributed by atoms with van der Waals surface area (Å²) in [6.07, 6.45) is 0.509. The van der Waals surface area contributed by atoms with Crippen LogP contribution in [0.25, 0.3) is 0 Å². The SMILES string of the molecule is COc1ccc(CCNC[C@@H](O)CSc2ccc(C)cc2)cc1OC. The minimum atomic E-state index is -0.364. The largest absolute Gasteiger partial charge is 0.493 e. The van der Waals surface area contributed by atoms with Gasteiger partial charge in [0.2, 0.25) is 0 Å². The second kappa shape index (κ2) is 10.3. The van der Waals surface area contributed by atoms with E-state index in [9.17, 15) is 5.11 Å². The molecule has 2 rings (SSSR count). The molecule has 0 radical (unpaired) electrons. The summed E-state index contributed by atoms with van der Waals surface area (Å²) in [6, 6.07) is 14.3. The summed E-state index contributed by atoms with van der Waals surface area (Å²) in [5.74, 6) is 2.17. The van der Waals surface area contributed by atoms with E-state index in [2.05, 4.69) is 36.5 Å². The lowest BCUT2D eigenvalue weighted by Crippen LogP contribution is -2.29.